The average molecular weight is 471 g/mol. The van der Waals surface area contributed by atoms with Crippen LogP contribution in [0, 0.1) is 11.6 Å². The Morgan fingerprint density at radius 2 is 1.80 bits per heavy atom. The first-order valence-electron chi connectivity index (χ1n) is 11.8. The Morgan fingerprint density at radius 1 is 0.971 bits per heavy atom. The number of ketones is 1. The Labute approximate surface area is 202 Å². The molecule has 176 valence electrons. The monoisotopic (exact) mass is 470 g/mol. The van der Waals surface area contributed by atoms with Crippen LogP contribution in [-0.2, 0) is 6.42 Å². The molecule has 35 heavy (non-hydrogen) atoms. The lowest BCUT2D eigenvalue weighted by atomic mass is 9.92. The fourth-order valence-electron chi connectivity index (χ4n) is 4.69. The predicted octanol–water partition coefficient (Wildman–Crippen LogP) is 6.51. The molecule has 3 aromatic carbocycles. The molecule has 0 radical (unpaired) electrons. The molecule has 0 saturated carbocycles. The maximum Gasteiger partial charge on any atom is 0.252 e. The Morgan fingerprint density at radius 3 is 2.60 bits per heavy atom. The minimum Gasteiger partial charge on any atom is -0.352 e. The lowest BCUT2D eigenvalue weighted by Gasteiger charge is -2.16. The van der Waals surface area contributed by atoms with E-state index in [-0.39, 0.29) is 23.9 Å². The number of fused-ring (bicyclic) bond motifs is 4. The van der Waals surface area contributed by atoms with Crippen molar-refractivity contribution in [1.29, 1.82) is 0 Å². The number of hydrogen-bond donors (Lipinski definition) is 1. The van der Waals surface area contributed by atoms with Crippen LogP contribution in [0.2, 0.25) is 0 Å². The van der Waals surface area contributed by atoms with Crippen LogP contribution in [0.4, 0.5) is 8.78 Å². The van der Waals surface area contributed by atoms with Crippen molar-refractivity contribution in [3.63, 3.8) is 0 Å². The van der Waals surface area contributed by atoms with Crippen LogP contribution in [0.25, 0.3) is 33.3 Å². The van der Waals surface area contributed by atoms with E-state index in [1.165, 1.54) is 18.2 Å². The van der Waals surface area contributed by atoms with Crippen molar-refractivity contribution in [3.05, 3.63) is 89.0 Å². The van der Waals surface area contributed by atoms with Crippen molar-refractivity contribution >= 4 is 22.6 Å². The zero-order valence-electron chi connectivity index (χ0n) is 19.3. The zero-order valence-corrected chi connectivity index (χ0v) is 19.3. The molecule has 0 saturated heterocycles. The van der Waals surface area contributed by atoms with E-state index in [0.29, 0.717) is 62.9 Å². The quantitative estimate of drug-likeness (QED) is 0.339. The number of amides is 1. The topological polar surface area (TPSA) is 59.1 Å². The van der Waals surface area contributed by atoms with Gasteiger partial charge in [-0.25, -0.2) is 13.8 Å². The van der Waals surface area contributed by atoms with Gasteiger partial charge in [-0.3, -0.25) is 9.59 Å². The van der Waals surface area contributed by atoms with Gasteiger partial charge in [-0.1, -0.05) is 43.7 Å². The molecule has 1 amide bonds. The van der Waals surface area contributed by atoms with Gasteiger partial charge in [-0.05, 0) is 54.3 Å². The molecule has 0 atom stereocenters. The molecule has 0 aliphatic heterocycles. The number of aromatic nitrogens is 1. The Kier molecular flexibility index (Phi) is 6.12. The molecule has 0 fully saturated rings. The van der Waals surface area contributed by atoms with Gasteiger partial charge in [0, 0.05) is 35.0 Å². The summed E-state index contributed by atoms with van der Waals surface area (Å²) in [7, 11) is 0. The first-order chi connectivity index (χ1) is 17.0. The van der Waals surface area contributed by atoms with Gasteiger partial charge in [0.05, 0.1) is 16.8 Å². The summed E-state index contributed by atoms with van der Waals surface area (Å²) in [5, 5.41) is 3.37. The fraction of sp³-hybridized carbons (Fsp3) is 0.207. The number of carbonyl (C=O) groups is 2. The van der Waals surface area contributed by atoms with E-state index in [1.807, 2.05) is 6.92 Å². The van der Waals surface area contributed by atoms with Crippen LogP contribution in [0.15, 0.2) is 60.7 Å². The lowest BCUT2D eigenvalue weighted by molar-refractivity contribution is 0.0948. The van der Waals surface area contributed by atoms with Crippen molar-refractivity contribution in [2.24, 2.45) is 0 Å². The molecule has 1 heterocycles. The van der Waals surface area contributed by atoms with Gasteiger partial charge in [0.2, 0.25) is 0 Å². The van der Waals surface area contributed by atoms with Crippen molar-refractivity contribution in [2.75, 3.05) is 6.54 Å². The molecular formula is C29H24F2N2O2. The standard InChI is InChI=1S/C29H24F2N2O2/c1-2-3-14-32-29(35)27-21-11-13-26(34)22-15-17(19-6-4-5-7-24(19)31)8-10-20(22)28(21)33-25-12-9-18(30)16-23(25)27/h4-10,12,15-16H,2-3,11,13-14H2,1H3,(H,32,35). The SMILES string of the molecule is CCCCNC(=O)c1c2c(nc3ccc(F)cc13)-c1ccc(-c3ccccc3F)cc1C(=O)CC2. The Balaban J connectivity index is 1.73. The van der Waals surface area contributed by atoms with Crippen molar-refractivity contribution in [1.82, 2.24) is 10.3 Å². The average Bonchev–Trinajstić information content (AvgIpc) is 2.99. The van der Waals surface area contributed by atoms with Crippen LogP contribution >= 0.6 is 0 Å². The minimum atomic E-state index is -0.457. The minimum absolute atomic E-state index is 0.108. The van der Waals surface area contributed by atoms with E-state index in [2.05, 4.69) is 5.32 Å². The van der Waals surface area contributed by atoms with E-state index in [4.69, 9.17) is 4.98 Å². The summed E-state index contributed by atoms with van der Waals surface area (Å²) in [6.45, 7) is 2.54. The van der Waals surface area contributed by atoms with Crippen molar-refractivity contribution in [3.8, 4) is 22.4 Å². The molecule has 1 aliphatic carbocycles. The van der Waals surface area contributed by atoms with E-state index in [1.54, 1.807) is 42.5 Å². The van der Waals surface area contributed by atoms with Crippen LogP contribution < -0.4 is 5.32 Å². The number of carbonyl (C=O) groups excluding carboxylic acids is 2. The molecule has 6 heteroatoms. The van der Waals surface area contributed by atoms with E-state index < -0.39 is 5.82 Å². The highest BCUT2D eigenvalue weighted by molar-refractivity contribution is 6.11. The van der Waals surface area contributed by atoms with Gasteiger partial charge >= 0.3 is 0 Å². The van der Waals surface area contributed by atoms with Gasteiger partial charge in [0.1, 0.15) is 11.6 Å². The summed E-state index contributed by atoms with van der Waals surface area (Å²) in [6.07, 6.45) is 2.22. The number of nitrogens with one attached hydrogen (secondary N) is 1. The summed E-state index contributed by atoms with van der Waals surface area (Å²) >= 11 is 0. The number of Topliss-reactive ketones (excluding diaryl/α,β-unsaturated/α-hetero) is 1. The number of halogens is 2. The zero-order chi connectivity index (χ0) is 24.5. The van der Waals surface area contributed by atoms with E-state index in [0.717, 1.165) is 12.8 Å². The first kappa shape index (κ1) is 22.8. The molecule has 1 aliphatic rings. The number of unbranched alkanes of at least 4 members (excludes halogenated alkanes) is 1. The number of pyridine rings is 1. The van der Waals surface area contributed by atoms with E-state index in [9.17, 15) is 18.4 Å². The second-order valence-electron chi connectivity index (χ2n) is 8.75. The second-order valence-corrected chi connectivity index (χ2v) is 8.75. The van der Waals surface area contributed by atoms with Gasteiger partial charge < -0.3 is 5.32 Å². The first-order valence-corrected chi connectivity index (χ1v) is 11.8. The molecule has 0 unspecified atom stereocenters. The highest BCUT2D eigenvalue weighted by atomic mass is 19.1. The summed E-state index contributed by atoms with van der Waals surface area (Å²) in [4.78, 5) is 31.3. The van der Waals surface area contributed by atoms with Crippen LogP contribution in [-0.4, -0.2) is 23.2 Å². The third-order valence-corrected chi connectivity index (χ3v) is 6.45. The summed E-state index contributed by atoms with van der Waals surface area (Å²) in [5.41, 5.74) is 4.04. The predicted molar refractivity (Wildman–Crippen MR) is 132 cm³/mol. The highest BCUT2D eigenvalue weighted by Gasteiger charge is 2.28. The Hall–Kier alpha value is -3.93. The largest absolute Gasteiger partial charge is 0.352 e. The molecule has 0 spiro atoms. The molecule has 1 N–H and O–H groups in total. The number of rotatable bonds is 5. The number of hydrogen-bond acceptors (Lipinski definition) is 3. The maximum atomic E-state index is 14.4. The highest BCUT2D eigenvalue weighted by Crippen LogP contribution is 2.38. The smallest absolute Gasteiger partial charge is 0.252 e. The molecule has 5 rings (SSSR count). The van der Waals surface area contributed by atoms with Crippen molar-refractivity contribution in [2.45, 2.75) is 32.6 Å². The number of benzene rings is 3. The van der Waals surface area contributed by atoms with Crippen LogP contribution in [0.1, 0.15) is 52.5 Å². The third kappa shape index (κ3) is 4.20. The second kappa shape index (κ2) is 9.37. The fourth-order valence-corrected chi connectivity index (χ4v) is 4.69. The van der Waals surface area contributed by atoms with Gasteiger partial charge in [-0.15, -0.1) is 0 Å². The summed E-state index contributed by atoms with van der Waals surface area (Å²) in [5.74, 6) is -1.23. The maximum absolute atomic E-state index is 14.4. The normalized spacial score (nSPS) is 12.7. The summed E-state index contributed by atoms with van der Waals surface area (Å²) in [6, 6.07) is 15.8. The molecule has 4 aromatic rings. The van der Waals surface area contributed by atoms with Gasteiger partial charge in [0.15, 0.2) is 5.78 Å². The van der Waals surface area contributed by atoms with Gasteiger partial charge in [-0.2, -0.15) is 0 Å². The van der Waals surface area contributed by atoms with Crippen LogP contribution in [0.3, 0.4) is 0 Å². The Bertz CT molecular complexity index is 1480. The third-order valence-electron chi connectivity index (χ3n) is 6.45. The molecule has 1 aromatic heterocycles. The van der Waals surface area contributed by atoms with Gasteiger partial charge in [0.25, 0.3) is 5.91 Å². The number of nitrogens with zero attached hydrogens (tertiary/aromatic N) is 1. The molecule has 4 nitrogen and oxygen atoms in total. The van der Waals surface area contributed by atoms with E-state index >= 15 is 0 Å². The van der Waals surface area contributed by atoms with Crippen molar-refractivity contribution < 1.29 is 18.4 Å². The molecule has 0 bridgehead atoms. The lowest BCUT2D eigenvalue weighted by Crippen LogP contribution is -2.26. The van der Waals surface area contributed by atoms with Crippen LogP contribution in [0.5, 0.6) is 0 Å². The summed E-state index contributed by atoms with van der Waals surface area (Å²) < 4.78 is 28.6. The molecular weight excluding hydrogens is 446 g/mol.